The Morgan fingerprint density at radius 2 is 1.92 bits per heavy atom. The zero-order chi connectivity index (χ0) is 17.6. The first-order valence-electron chi connectivity index (χ1n) is 9.64. The molecule has 6 heteroatoms. The first-order chi connectivity index (χ1) is 12.1. The Labute approximate surface area is 149 Å². The average Bonchev–Trinajstić information content (AvgIpc) is 3.27. The van der Waals surface area contributed by atoms with Gasteiger partial charge in [0, 0.05) is 26.2 Å². The molecule has 1 saturated carbocycles. The third-order valence-electron chi connectivity index (χ3n) is 6.36. The number of amides is 2. The Bertz CT molecular complexity index is 599. The molecule has 5 atom stereocenters. The fraction of sp³-hybridized carbons (Fsp3) is 0.737. The summed E-state index contributed by atoms with van der Waals surface area (Å²) in [5, 5.41) is 0. The quantitative estimate of drug-likeness (QED) is 0.273. The van der Waals surface area contributed by atoms with Gasteiger partial charge in [-0.1, -0.05) is 19.1 Å². The van der Waals surface area contributed by atoms with Crippen molar-refractivity contribution in [2.75, 3.05) is 26.2 Å². The second kappa shape index (κ2) is 6.46. The van der Waals surface area contributed by atoms with Crippen molar-refractivity contribution in [1.82, 2.24) is 9.80 Å². The van der Waals surface area contributed by atoms with Crippen LogP contribution in [0.25, 0.3) is 0 Å². The molecule has 3 fully saturated rings. The van der Waals surface area contributed by atoms with Crippen LogP contribution in [-0.4, -0.2) is 53.8 Å². The van der Waals surface area contributed by atoms with E-state index in [9.17, 15) is 9.59 Å². The summed E-state index contributed by atoms with van der Waals surface area (Å²) in [6, 6.07) is 0. The van der Waals surface area contributed by atoms with Crippen LogP contribution in [0.1, 0.15) is 32.6 Å². The molecule has 4 rings (SSSR count). The van der Waals surface area contributed by atoms with Gasteiger partial charge in [0.15, 0.2) is 5.96 Å². The van der Waals surface area contributed by atoms with Gasteiger partial charge in [0.1, 0.15) is 0 Å². The summed E-state index contributed by atoms with van der Waals surface area (Å²) in [4.78, 5) is 33.3. The van der Waals surface area contributed by atoms with Crippen molar-refractivity contribution in [2.24, 2.45) is 40.3 Å². The number of imide groups is 1. The van der Waals surface area contributed by atoms with Crippen molar-refractivity contribution < 1.29 is 9.59 Å². The molecule has 2 amide bonds. The lowest BCUT2D eigenvalue weighted by atomic mass is 9.85. The minimum absolute atomic E-state index is 0.0358. The Hall–Kier alpha value is -1.85. The van der Waals surface area contributed by atoms with E-state index >= 15 is 0 Å². The van der Waals surface area contributed by atoms with Crippen molar-refractivity contribution in [3.05, 3.63) is 12.2 Å². The number of nitrogens with zero attached hydrogens (tertiary/aromatic N) is 3. The van der Waals surface area contributed by atoms with Crippen LogP contribution in [0.4, 0.5) is 0 Å². The molecule has 6 nitrogen and oxygen atoms in total. The highest BCUT2D eigenvalue weighted by Gasteiger charge is 2.58. The molecule has 0 spiro atoms. The molecule has 4 aliphatic rings. The summed E-state index contributed by atoms with van der Waals surface area (Å²) >= 11 is 0. The normalized spacial score (nSPS) is 37.3. The number of nitrogens with two attached hydrogens (primary N) is 1. The van der Waals surface area contributed by atoms with Gasteiger partial charge in [0.2, 0.25) is 11.8 Å². The molecule has 2 saturated heterocycles. The van der Waals surface area contributed by atoms with Crippen molar-refractivity contribution in [1.29, 1.82) is 0 Å². The third-order valence-corrected chi connectivity index (χ3v) is 6.36. The van der Waals surface area contributed by atoms with Gasteiger partial charge < -0.3 is 10.6 Å². The lowest BCUT2D eigenvalue weighted by Gasteiger charge is -2.31. The molecule has 0 radical (unpaired) electrons. The monoisotopic (exact) mass is 344 g/mol. The van der Waals surface area contributed by atoms with Gasteiger partial charge >= 0.3 is 0 Å². The maximum Gasteiger partial charge on any atom is 0.233 e. The molecule has 0 aromatic heterocycles. The fourth-order valence-electron chi connectivity index (χ4n) is 5.10. The van der Waals surface area contributed by atoms with Gasteiger partial charge in [0.25, 0.3) is 0 Å². The summed E-state index contributed by atoms with van der Waals surface area (Å²) in [5.41, 5.74) is 6.10. The molecule has 2 bridgehead atoms. The van der Waals surface area contributed by atoms with Crippen molar-refractivity contribution in [3.63, 3.8) is 0 Å². The molecule has 2 N–H and O–H groups in total. The first-order valence-corrected chi connectivity index (χ1v) is 9.64. The average molecular weight is 344 g/mol. The first kappa shape index (κ1) is 16.6. The zero-order valence-corrected chi connectivity index (χ0v) is 14.9. The molecule has 25 heavy (non-hydrogen) atoms. The van der Waals surface area contributed by atoms with Gasteiger partial charge in [-0.2, -0.15) is 0 Å². The van der Waals surface area contributed by atoms with E-state index in [1.807, 2.05) is 0 Å². The number of guanidine groups is 1. The molecular weight excluding hydrogens is 316 g/mol. The topological polar surface area (TPSA) is 79.0 Å². The van der Waals surface area contributed by atoms with Crippen LogP contribution in [0.5, 0.6) is 0 Å². The van der Waals surface area contributed by atoms with Crippen molar-refractivity contribution >= 4 is 17.8 Å². The fourth-order valence-corrected chi connectivity index (χ4v) is 5.10. The molecular formula is C19H28N4O2. The van der Waals surface area contributed by atoms with E-state index in [-0.39, 0.29) is 35.5 Å². The van der Waals surface area contributed by atoms with Gasteiger partial charge in [-0.25, -0.2) is 0 Å². The van der Waals surface area contributed by atoms with Crippen molar-refractivity contribution in [3.8, 4) is 0 Å². The Morgan fingerprint density at radius 3 is 2.56 bits per heavy atom. The number of piperidine rings is 1. The summed E-state index contributed by atoms with van der Waals surface area (Å²) in [5.74, 6) is 1.71. The van der Waals surface area contributed by atoms with Gasteiger partial charge in [0.05, 0.1) is 11.8 Å². The lowest BCUT2D eigenvalue weighted by molar-refractivity contribution is -0.140. The van der Waals surface area contributed by atoms with Crippen LogP contribution in [0.3, 0.4) is 0 Å². The molecule has 5 unspecified atom stereocenters. The second-order valence-electron chi connectivity index (χ2n) is 8.11. The highest BCUT2D eigenvalue weighted by Crippen LogP contribution is 2.52. The number of hydrogen-bond acceptors (Lipinski definition) is 3. The Balaban J connectivity index is 1.29. The number of likely N-dealkylation sites (tertiary alicyclic amines) is 2. The second-order valence-corrected chi connectivity index (χ2v) is 8.11. The maximum atomic E-state index is 12.6. The third kappa shape index (κ3) is 2.85. The largest absolute Gasteiger partial charge is 0.370 e. The molecule has 2 aliphatic carbocycles. The number of hydrogen-bond donors (Lipinski definition) is 1. The Kier molecular flexibility index (Phi) is 4.29. The number of rotatable bonds is 4. The summed E-state index contributed by atoms with van der Waals surface area (Å²) in [7, 11) is 0. The molecule has 0 aromatic carbocycles. The SMILES string of the molecule is CC1CCCN(C(N)=NCCCN2C(=O)C3C4C=CC(C4)C3C2=O)C1. The molecule has 2 heterocycles. The Morgan fingerprint density at radius 1 is 1.24 bits per heavy atom. The van der Waals surface area contributed by atoms with Gasteiger partial charge in [-0.05, 0) is 43.4 Å². The lowest BCUT2D eigenvalue weighted by Crippen LogP contribution is -2.43. The molecule has 0 aromatic rings. The van der Waals surface area contributed by atoms with E-state index in [0.717, 1.165) is 25.9 Å². The minimum Gasteiger partial charge on any atom is -0.370 e. The van der Waals surface area contributed by atoms with Crippen molar-refractivity contribution in [2.45, 2.75) is 32.6 Å². The summed E-state index contributed by atoms with van der Waals surface area (Å²) in [6.45, 7) is 5.22. The molecule has 2 aliphatic heterocycles. The summed E-state index contributed by atoms with van der Waals surface area (Å²) < 4.78 is 0. The predicted octanol–water partition coefficient (Wildman–Crippen LogP) is 1.23. The maximum absolute atomic E-state index is 12.6. The van der Waals surface area contributed by atoms with Crippen LogP contribution in [-0.2, 0) is 9.59 Å². The number of fused-ring (bicyclic) bond motifs is 5. The van der Waals surface area contributed by atoms with Gasteiger partial charge in [-0.15, -0.1) is 0 Å². The number of aliphatic imine (C=N–C) groups is 1. The van der Waals surface area contributed by atoms with Gasteiger partial charge in [-0.3, -0.25) is 19.5 Å². The van der Waals surface area contributed by atoms with Crippen LogP contribution < -0.4 is 5.73 Å². The van der Waals surface area contributed by atoms with Crippen LogP contribution in [0, 0.1) is 29.6 Å². The van der Waals surface area contributed by atoms with E-state index < -0.39 is 0 Å². The standard InChI is InChI=1S/C19H28N4O2/c1-12-4-2-8-22(11-12)19(20)21-7-3-9-23-17(24)15-13-5-6-14(10-13)16(15)18(23)25/h5-6,12-16H,2-4,7-11H2,1H3,(H2,20,21). The number of allylic oxidation sites excluding steroid dienone is 2. The highest BCUT2D eigenvalue weighted by molar-refractivity contribution is 6.06. The van der Waals surface area contributed by atoms with Crippen LogP contribution in [0.2, 0.25) is 0 Å². The summed E-state index contributed by atoms with van der Waals surface area (Å²) in [6.07, 6.45) is 8.34. The van der Waals surface area contributed by atoms with E-state index in [0.29, 0.717) is 31.4 Å². The number of carbonyl (C=O) groups excluding carboxylic acids is 2. The molecule has 136 valence electrons. The predicted molar refractivity (Wildman–Crippen MR) is 95.5 cm³/mol. The van der Waals surface area contributed by atoms with E-state index in [1.54, 1.807) is 0 Å². The minimum atomic E-state index is -0.0918. The zero-order valence-electron chi connectivity index (χ0n) is 14.9. The van der Waals surface area contributed by atoms with Crippen LogP contribution >= 0.6 is 0 Å². The smallest absolute Gasteiger partial charge is 0.233 e. The van der Waals surface area contributed by atoms with E-state index in [4.69, 9.17) is 5.73 Å². The highest BCUT2D eigenvalue weighted by atomic mass is 16.2. The van der Waals surface area contributed by atoms with E-state index in [1.165, 1.54) is 11.3 Å². The number of carbonyl (C=O) groups is 2. The van der Waals surface area contributed by atoms with Crippen LogP contribution in [0.15, 0.2) is 17.1 Å². The van der Waals surface area contributed by atoms with E-state index in [2.05, 4.69) is 29.0 Å².